The van der Waals surface area contributed by atoms with Crippen LogP contribution in [0.3, 0.4) is 0 Å². The standard InChI is InChI=1S/C24H31NO6/c1-22(2,3)15-13-18(23(4,5)6)24(20(26)19(15)29-9)30-21(25-31-24)14-10-11-16(27-7)17(12-14)28-8/h10-13H,1-9H3. The third-order valence-corrected chi connectivity index (χ3v) is 5.34. The molecule has 0 fully saturated rings. The lowest BCUT2D eigenvalue weighted by molar-refractivity contribution is -0.171. The molecule has 2 aliphatic rings. The van der Waals surface area contributed by atoms with Gasteiger partial charge in [-0.3, -0.25) is 4.79 Å². The second kappa shape index (κ2) is 7.62. The zero-order valence-electron chi connectivity index (χ0n) is 19.7. The zero-order chi connectivity index (χ0) is 23.2. The van der Waals surface area contributed by atoms with Gasteiger partial charge >= 0.3 is 5.79 Å². The van der Waals surface area contributed by atoms with E-state index in [4.69, 9.17) is 23.8 Å². The Hall–Kier alpha value is -2.96. The van der Waals surface area contributed by atoms with Gasteiger partial charge in [0, 0.05) is 16.7 Å². The van der Waals surface area contributed by atoms with Crippen LogP contribution in [0.4, 0.5) is 0 Å². The molecule has 31 heavy (non-hydrogen) atoms. The molecule has 0 bridgehead atoms. The van der Waals surface area contributed by atoms with Crippen molar-refractivity contribution in [2.75, 3.05) is 21.3 Å². The number of ether oxygens (including phenoxy) is 4. The molecule has 168 valence electrons. The van der Waals surface area contributed by atoms with Crippen molar-refractivity contribution in [3.63, 3.8) is 0 Å². The van der Waals surface area contributed by atoms with E-state index < -0.39 is 17.0 Å². The summed E-state index contributed by atoms with van der Waals surface area (Å²) in [7, 11) is 4.59. The quantitative estimate of drug-likeness (QED) is 0.696. The van der Waals surface area contributed by atoms with Crippen molar-refractivity contribution >= 4 is 11.7 Å². The summed E-state index contributed by atoms with van der Waals surface area (Å²) in [6.45, 7) is 12.1. The van der Waals surface area contributed by atoms with E-state index in [1.54, 1.807) is 32.4 Å². The van der Waals surface area contributed by atoms with Crippen molar-refractivity contribution < 1.29 is 28.6 Å². The van der Waals surface area contributed by atoms with Crippen LogP contribution in [0.5, 0.6) is 11.5 Å². The van der Waals surface area contributed by atoms with Crippen LogP contribution < -0.4 is 9.47 Å². The molecule has 0 radical (unpaired) electrons. The molecule has 7 nitrogen and oxygen atoms in total. The number of carbonyl (C=O) groups excluding carboxylic acids is 1. The average Bonchev–Trinajstić information content (AvgIpc) is 3.13. The Bertz CT molecular complexity index is 990. The van der Waals surface area contributed by atoms with Gasteiger partial charge in [-0.2, -0.15) is 0 Å². The maximum absolute atomic E-state index is 13.7. The lowest BCUT2D eigenvalue weighted by atomic mass is 9.71. The number of hydrogen-bond acceptors (Lipinski definition) is 7. The van der Waals surface area contributed by atoms with Gasteiger partial charge in [0.05, 0.1) is 21.3 Å². The number of ketones is 1. The first-order chi connectivity index (χ1) is 14.4. The van der Waals surface area contributed by atoms with Gasteiger partial charge in [0.1, 0.15) is 0 Å². The molecule has 7 heteroatoms. The van der Waals surface area contributed by atoms with Crippen molar-refractivity contribution in [2.45, 2.75) is 47.3 Å². The monoisotopic (exact) mass is 429 g/mol. The van der Waals surface area contributed by atoms with Crippen molar-refractivity contribution in [2.24, 2.45) is 16.0 Å². The maximum Gasteiger partial charge on any atom is 0.368 e. The van der Waals surface area contributed by atoms with E-state index in [0.717, 1.165) is 5.57 Å². The maximum atomic E-state index is 13.7. The van der Waals surface area contributed by atoms with Gasteiger partial charge in [-0.25, -0.2) is 0 Å². The smallest absolute Gasteiger partial charge is 0.368 e. The highest BCUT2D eigenvalue weighted by atomic mass is 16.8. The van der Waals surface area contributed by atoms with Crippen LogP contribution >= 0.6 is 0 Å². The molecule has 1 aliphatic heterocycles. The summed E-state index contributed by atoms with van der Waals surface area (Å²) in [4.78, 5) is 19.5. The molecule has 1 aliphatic carbocycles. The average molecular weight is 430 g/mol. The summed E-state index contributed by atoms with van der Waals surface area (Å²) in [6, 6.07) is 5.23. The minimum Gasteiger partial charge on any atom is -0.493 e. The molecule has 1 spiro atoms. The second-order valence-corrected chi connectivity index (χ2v) is 9.61. The number of allylic oxidation sites excluding steroid dienone is 2. The minimum atomic E-state index is -1.72. The summed E-state index contributed by atoms with van der Waals surface area (Å²) in [5.74, 6) is -0.652. The second-order valence-electron chi connectivity index (χ2n) is 9.61. The first-order valence-corrected chi connectivity index (χ1v) is 10.1. The number of Topliss-reactive ketones (excluding diaryl/α,β-unsaturated/α-hetero) is 1. The highest BCUT2D eigenvalue weighted by Crippen LogP contribution is 2.49. The van der Waals surface area contributed by atoms with Gasteiger partial charge in [-0.15, -0.1) is 0 Å². The fourth-order valence-corrected chi connectivity index (χ4v) is 3.72. The molecule has 1 heterocycles. The Morgan fingerprint density at radius 2 is 1.55 bits per heavy atom. The summed E-state index contributed by atoms with van der Waals surface area (Å²) in [5, 5.41) is 4.14. The van der Waals surface area contributed by atoms with Gasteiger partial charge < -0.3 is 23.8 Å². The summed E-state index contributed by atoms with van der Waals surface area (Å²) in [5.41, 5.74) is 1.32. The Morgan fingerprint density at radius 1 is 0.903 bits per heavy atom. The normalized spacial score (nSPS) is 21.4. The largest absolute Gasteiger partial charge is 0.493 e. The van der Waals surface area contributed by atoms with Crippen LogP contribution in [0.15, 0.2) is 46.3 Å². The third kappa shape index (κ3) is 3.77. The number of rotatable bonds is 4. The minimum absolute atomic E-state index is 0.180. The van der Waals surface area contributed by atoms with Gasteiger partial charge in [-0.05, 0) is 40.3 Å². The molecule has 0 amide bonds. The van der Waals surface area contributed by atoms with Crippen LogP contribution in [0.2, 0.25) is 0 Å². The molecule has 0 saturated heterocycles. The number of benzene rings is 1. The molecule has 1 unspecified atom stereocenters. The Balaban J connectivity index is 2.09. The Labute approximate surface area is 183 Å². The van der Waals surface area contributed by atoms with Gasteiger partial charge in [0.2, 0.25) is 0 Å². The first-order valence-electron chi connectivity index (χ1n) is 10.1. The van der Waals surface area contributed by atoms with Crippen LogP contribution in [0.1, 0.15) is 47.1 Å². The van der Waals surface area contributed by atoms with E-state index in [-0.39, 0.29) is 17.1 Å². The van der Waals surface area contributed by atoms with Crippen LogP contribution in [-0.2, 0) is 19.1 Å². The number of methoxy groups -OCH3 is 3. The van der Waals surface area contributed by atoms with Crippen molar-refractivity contribution in [1.82, 2.24) is 0 Å². The Morgan fingerprint density at radius 3 is 2.06 bits per heavy atom. The third-order valence-electron chi connectivity index (χ3n) is 5.34. The number of oxime groups is 1. The van der Waals surface area contributed by atoms with Crippen molar-refractivity contribution in [1.29, 1.82) is 0 Å². The van der Waals surface area contributed by atoms with Gasteiger partial charge in [0.25, 0.3) is 11.7 Å². The molecule has 3 rings (SSSR count). The van der Waals surface area contributed by atoms with Gasteiger partial charge in [0.15, 0.2) is 17.3 Å². The van der Waals surface area contributed by atoms with Crippen LogP contribution in [0, 0.1) is 10.8 Å². The molecule has 1 aromatic carbocycles. The predicted octanol–water partition coefficient (Wildman–Crippen LogP) is 4.61. The molecule has 1 aromatic rings. The molecular formula is C24H31NO6. The predicted molar refractivity (Wildman–Crippen MR) is 117 cm³/mol. The number of hydrogen-bond donors (Lipinski definition) is 0. The van der Waals surface area contributed by atoms with E-state index in [2.05, 4.69) is 5.16 Å². The van der Waals surface area contributed by atoms with E-state index >= 15 is 0 Å². The summed E-state index contributed by atoms with van der Waals surface area (Å²) in [6.07, 6.45) is 1.95. The Kier molecular flexibility index (Phi) is 5.59. The summed E-state index contributed by atoms with van der Waals surface area (Å²) >= 11 is 0. The van der Waals surface area contributed by atoms with Crippen molar-refractivity contribution in [3.8, 4) is 11.5 Å². The van der Waals surface area contributed by atoms with E-state index in [9.17, 15) is 4.79 Å². The fourth-order valence-electron chi connectivity index (χ4n) is 3.72. The van der Waals surface area contributed by atoms with E-state index in [0.29, 0.717) is 22.6 Å². The fraction of sp³-hybridized carbons (Fsp3) is 0.500. The number of carbonyl (C=O) groups is 1. The lowest BCUT2D eigenvalue weighted by Gasteiger charge is -2.39. The summed E-state index contributed by atoms with van der Waals surface area (Å²) < 4.78 is 22.4. The van der Waals surface area contributed by atoms with E-state index in [1.807, 2.05) is 47.6 Å². The first kappa shape index (κ1) is 22.7. The highest BCUT2D eigenvalue weighted by molar-refractivity contribution is 6.08. The van der Waals surface area contributed by atoms with E-state index in [1.165, 1.54) is 7.11 Å². The molecule has 1 atom stereocenters. The molecule has 0 saturated carbocycles. The zero-order valence-corrected chi connectivity index (χ0v) is 19.7. The van der Waals surface area contributed by atoms with Crippen molar-refractivity contribution in [3.05, 3.63) is 46.7 Å². The van der Waals surface area contributed by atoms with Crippen LogP contribution in [0.25, 0.3) is 0 Å². The molecule has 0 aromatic heterocycles. The topological polar surface area (TPSA) is 75.6 Å². The lowest BCUT2D eigenvalue weighted by Crippen LogP contribution is -2.50. The molecule has 0 N–H and O–H groups in total. The molecular weight excluding hydrogens is 398 g/mol. The SMILES string of the molecule is COC1=C(C(C)(C)C)C=C(C(C)(C)C)C2(ON=C(c3ccc(OC)c(OC)c3)O2)C1=O. The van der Waals surface area contributed by atoms with Gasteiger partial charge in [-0.1, -0.05) is 41.5 Å². The number of nitrogens with zero attached hydrogens (tertiary/aromatic N) is 1. The van der Waals surface area contributed by atoms with Crippen LogP contribution in [-0.4, -0.2) is 38.8 Å². The highest BCUT2D eigenvalue weighted by Gasteiger charge is 2.59.